The molecule has 0 aromatic heterocycles. The van der Waals surface area contributed by atoms with Gasteiger partial charge in [-0.2, -0.15) is 0 Å². The van der Waals surface area contributed by atoms with Crippen LogP contribution in [0.1, 0.15) is 22.3 Å². The van der Waals surface area contributed by atoms with Gasteiger partial charge in [0, 0.05) is 18.7 Å². The quantitative estimate of drug-likeness (QED) is 0.731. The fraction of sp³-hybridized carbons (Fsp3) is 0.364. The molecule has 74 valence electrons. The molecule has 1 aromatic rings. The lowest BCUT2D eigenvalue weighted by Crippen LogP contribution is -2.41. The highest BCUT2D eigenvalue weighted by atomic mass is 16.3. The maximum absolute atomic E-state index is 11.7. The maximum Gasteiger partial charge on any atom is 0.253 e. The number of benzene rings is 1. The topological polar surface area (TPSA) is 40.5 Å². The van der Waals surface area contributed by atoms with Crippen molar-refractivity contribution in [2.24, 2.45) is 0 Å². The summed E-state index contributed by atoms with van der Waals surface area (Å²) in [7, 11) is 0. The van der Waals surface area contributed by atoms with Crippen LogP contribution in [0.25, 0.3) is 0 Å². The highest BCUT2D eigenvalue weighted by Gasteiger charge is 2.21. The monoisotopic (exact) mass is 191 g/mol. The predicted octanol–water partition coefficient (Wildman–Crippen LogP) is 1.55. The van der Waals surface area contributed by atoms with Crippen molar-refractivity contribution < 1.29 is 9.90 Å². The van der Waals surface area contributed by atoms with Gasteiger partial charge in [-0.3, -0.25) is 4.79 Å². The predicted molar refractivity (Wildman–Crippen MR) is 53.4 cm³/mol. The lowest BCUT2D eigenvalue weighted by molar-refractivity contribution is 0.0651. The minimum atomic E-state index is 0.0200. The molecule has 1 saturated heterocycles. The van der Waals surface area contributed by atoms with Gasteiger partial charge in [-0.1, -0.05) is 6.07 Å². The smallest absolute Gasteiger partial charge is 0.253 e. The Labute approximate surface area is 83.0 Å². The fourth-order valence-corrected chi connectivity index (χ4v) is 1.44. The Morgan fingerprint density at radius 2 is 2.14 bits per heavy atom. The molecule has 1 heterocycles. The Kier molecular flexibility index (Phi) is 2.15. The van der Waals surface area contributed by atoms with Gasteiger partial charge in [-0.25, -0.2) is 0 Å². The van der Waals surface area contributed by atoms with Crippen molar-refractivity contribution in [1.29, 1.82) is 0 Å². The molecule has 1 amide bonds. The second-order valence-corrected chi connectivity index (χ2v) is 3.65. The molecule has 3 heteroatoms. The summed E-state index contributed by atoms with van der Waals surface area (Å²) in [5.41, 5.74) is 1.37. The molecule has 1 N–H and O–H groups in total. The Bertz CT molecular complexity index is 370. The molecule has 1 aromatic carbocycles. The van der Waals surface area contributed by atoms with E-state index in [9.17, 15) is 9.90 Å². The molecule has 1 aliphatic heterocycles. The highest BCUT2D eigenvalue weighted by molar-refractivity contribution is 5.95. The molecule has 0 unspecified atom stereocenters. The second-order valence-electron chi connectivity index (χ2n) is 3.65. The van der Waals surface area contributed by atoms with E-state index in [1.54, 1.807) is 17.0 Å². The van der Waals surface area contributed by atoms with Crippen molar-refractivity contribution in [1.82, 2.24) is 4.90 Å². The number of nitrogens with zero attached hydrogens (tertiary/aromatic N) is 1. The van der Waals surface area contributed by atoms with Gasteiger partial charge in [-0.15, -0.1) is 0 Å². The average molecular weight is 191 g/mol. The highest BCUT2D eigenvalue weighted by Crippen LogP contribution is 2.20. The van der Waals surface area contributed by atoms with Gasteiger partial charge < -0.3 is 10.0 Å². The summed E-state index contributed by atoms with van der Waals surface area (Å²) in [6, 6.07) is 5.06. The van der Waals surface area contributed by atoms with Crippen LogP contribution in [0.4, 0.5) is 0 Å². The average Bonchev–Trinajstić information content (AvgIpc) is 2.06. The number of hydrogen-bond donors (Lipinski definition) is 1. The molecule has 0 aliphatic carbocycles. The largest absolute Gasteiger partial charge is 0.508 e. The summed E-state index contributed by atoms with van der Waals surface area (Å²) in [5, 5.41) is 9.45. The summed E-state index contributed by atoms with van der Waals surface area (Å²) in [6.45, 7) is 3.49. The first-order valence-electron chi connectivity index (χ1n) is 4.77. The van der Waals surface area contributed by atoms with Crippen molar-refractivity contribution in [2.75, 3.05) is 13.1 Å². The third-order valence-corrected chi connectivity index (χ3v) is 2.60. The van der Waals surface area contributed by atoms with E-state index in [0.717, 1.165) is 25.1 Å². The van der Waals surface area contributed by atoms with Gasteiger partial charge >= 0.3 is 0 Å². The Morgan fingerprint density at radius 1 is 1.43 bits per heavy atom. The number of hydrogen-bond acceptors (Lipinski definition) is 2. The molecule has 0 radical (unpaired) electrons. The molecule has 2 rings (SSSR count). The van der Waals surface area contributed by atoms with E-state index in [1.807, 2.05) is 6.92 Å². The van der Waals surface area contributed by atoms with Gasteiger partial charge in [0.2, 0.25) is 0 Å². The molecule has 14 heavy (non-hydrogen) atoms. The molecule has 0 spiro atoms. The zero-order valence-electron chi connectivity index (χ0n) is 8.16. The summed E-state index contributed by atoms with van der Waals surface area (Å²) in [4.78, 5) is 13.5. The van der Waals surface area contributed by atoms with E-state index in [4.69, 9.17) is 0 Å². The first-order valence-corrected chi connectivity index (χ1v) is 4.77. The normalized spacial score (nSPS) is 15.1. The Balaban J connectivity index is 2.23. The van der Waals surface area contributed by atoms with Crippen LogP contribution in [0.3, 0.4) is 0 Å². The Morgan fingerprint density at radius 3 is 2.64 bits per heavy atom. The van der Waals surface area contributed by atoms with Gasteiger partial charge in [0.1, 0.15) is 5.75 Å². The summed E-state index contributed by atoms with van der Waals surface area (Å²) in [5.74, 6) is 0.211. The lowest BCUT2D eigenvalue weighted by atomic mass is 10.1. The van der Waals surface area contributed by atoms with E-state index in [1.165, 1.54) is 6.07 Å². The number of phenols is 1. The van der Waals surface area contributed by atoms with Crippen LogP contribution < -0.4 is 0 Å². The third kappa shape index (κ3) is 1.45. The van der Waals surface area contributed by atoms with E-state index in [2.05, 4.69) is 0 Å². The van der Waals surface area contributed by atoms with Crippen LogP contribution in [0.2, 0.25) is 0 Å². The van der Waals surface area contributed by atoms with Crippen molar-refractivity contribution >= 4 is 5.91 Å². The van der Waals surface area contributed by atoms with E-state index in [-0.39, 0.29) is 11.7 Å². The van der Waals surface area contributed by atoms with Crippen molar-refractivity contribution in [2.45, 2.75) is 13.3 Å². The van der Waals surface area contributed by atoms with Gasteiger partial charge in [0.05, 0.1) is 0 Å². The van der Waals surface area contributed by atoms with Crippen LogP contribution in [-0.2, 0) is 0 Å². The molecule has 1 fully saturated rings. The van der Waals surface area contributed by atoms with Crippen LogP contribution in [0, 0.1) is 6.92 Å². The number of aromatic hydroxyl groups is 1. The van der Waals surface area contributed by atoms with Gasteiger partial charge in [0.15, 0.2) is 0 Å². The van der Waals surface area contributed by atoms with Crippen molar-refractivity contribution in [3.63, 3.8) is 0 Å². The van der Waals surface area contributed by atoms with E-state index in [0.29, 0.717) is 5.56 Å². The van der Waals surface area contributed by atoms with Crippen LogP contribution in [-0.4, -0.2) is 29.0 Å². The number of rotatable bonds is 1. The number of aryl methyl sites for hydroxylation is 1. The summed E-state index contributed by atoms with van der Waals surface area (Å²) >= 11 is 0. The molecular formula is C11H13NO2. The molecule has 0 bridgehead atoms. The number of phenolic OH excluding ortho intramolecular Hbond substituents is 1. The molecular weight excluding hydrogens is 178 g/mol. The number of likely N-dealkylation sites (tertiary alicyclic amines) is 1. The van der Waals surface area contributed by atoms with Gasteiger partial charge in [-0.05, 0) is 31.0 Å². The summed E-state index contributed by atoms with van der Waals surface area (Å²) in [6.07, 6.45) is 1.09. The number of amides is 1. The van der Waals surface area contributed by atoms with Crippen LogP contribution in [0.5, 0.6) is 5.75 Å². The minimum Gasteiger partial charge on any atom is -0.508 e. The maximum atomic E-state index is 11.7. The fourth-order valence-electron chi connectivity index (χ4n) is 1.44. The molecule has 1 aliphatic rings. The third-order valence-electron chi connectivity index (χ3n) is 2.60. The second kappa shape index (κ2) is 3.33. The van der Waals surface area contributed by atoms with E-state index < -0.39 is 0 Å². The van der Waals surface area contributed by atoms with E-state index >= 15 is 0 Å². The molecule has 0 saturated carbocycles. The SMILES string of the molecule is Cc1ccc(C(=O)N2CCC2)cc1O. The molecule has 0 atom stereocenters. The lowest BCUT2D eigenvalue weighted by Gasteiger charge is -2.30. The standard InChI is InChI=1S/C11H13NO2/c1-8-3-4-9(7-10(8)13)11(14)12-5-2-6-12/h3-4,7,13H,2,5-6H2,1H3. The first kappa shape index (κ1) is 9.06. The first-order chi connectivity index (χ1) is 6.68. The minimum absolute atomic E-state index is 0.0200. The van der Waals surface area contributed by atoms with Crippen LogP contribution >= 0.6 is 0 Å². The number of carbonyl (C=O) groups excluding carboxylic acids is 1. The summed E-state index contributed by atoms with van der Waals surface area (Å²) < 4.78 is 0. The zero-order valence-corrected chi connectivity index (χ0v) is 8.16. The van der Waals surface area contributed by atoms with Crippen LogP contribution in [0.15, 0.2) is 18.2 Å². The zero-order chi connectivity index (χ0) is 10.1. The van der Waals surface area contributed by atoms with Crippen molar-refractivity contribution in [3.05, 3.63) is 29.3 Å². The van der Waals surface area contributed by atoms with Crippen molar-refractivity contribution in [3.8, 4) is 5.75 Å². The molecule has 3 nitrogen and oxygen atoms in total. The Hall–Kier alpha value is -1.51. The number of carbonyl (C=O) groups is 1. The van der Waals surface area contributed by atoms with Gasteiger partial charge in [0.25, 0.3) is 5.91 Å².